The normalized spacial score (nSPS) is 10.1. The number of aromatic nitrogens is 1. The van der Waals surface area contributed by atoms with Gasteiger partial charge >= 0.3 is 5.97 Å². The quantitative estimate of drug-likeness (QED) is 0.667. The molecule has 27 heavy (non-hydrogen) atoms. The van der Waals surface area contributed by atoms with Gasteiger partial charge in [0.05, 0.1) is 12.7 Å². The van der Waals surface area contributed by atoms with Crippen LogP contribution < -0.4 is 10.6 Å². The molecule has 0 atom stereocenters. The topological polar surface area (TPSA) is 80.3 Å². The second kappa shape index (κ2) is 8.14. The number of hydrogen-bond acceptors (Lipinski definition) is 5. The van der Waals surface area contributed by atoms with Gasteiger partial charge in [-0.1, -0.05) is 12.1 Å². The van der Waals surface area contributed by atoms with Crippen LogP contribution >= 0.6 is 0 Å². The molecule has 0 aliphatic rings. The average Bonchev–Trinajstić information content (AvgIpc) is 2.68. The first-order valence-corrected chi connectivity index (χ1v) is 8.34. The molecule has 136 valence electrons. The second-order valence-corrected chi connectivity index (χ2v) is 5.95. The first kappa shape index (κ1) is 18.1. The molecule has 0 bridgehead atoms. The van der Waals surface area contributed by atoms with Crippen molar-refractivity contribution >= 4 is 29.1 Å². The molecule has 0 radical (unpaired) electrons. The fourth-order valence-corrected chi connectivity index (χ4v) is 2.52. The van der Waals surface area contributed by atoms with Crippen molar-refractivity contribution in [3.8, 4) is 0 Å². The summed E-state index contributed by atoms with van der Waals surface area (Å²) in [4.78, 5) is 28.2. The number of carbonyl (C=O) groups is 2. The van der Waals surface area contributed by atoms with Crippen molar-refractivity contribution in [3.63, 3.8) is 0 Å². The Morgan fingerprint density at radius 3 is 2.41 bits per heavy atom. The lowest BCUT2D eigenvalue weighted by molar-refractivity contribution is 0.0600. The number of ether oxygens (including phenoxy) is 1. The lowest BCUT2D eigenvalue weighted by Crippen LogP contribution is -2.12. The Morgan fingerprint density at radius 1 is 0.926 bits per heavy atom. The molecular weight excluding hydrogens is 342 g/mol. The molecule has 0 aliphatic heterocycles. The number of pyridine rings is 1. The standard InChI is InChI=1S/C21H19N3O3/c1-14-4-3-5-18(12-14)24-20(25)16-10-11-22-19(13-16)23-17-8-6-15(7-9-17)21(26)27-2/h3-13H,1-2H3,(H,22,23)(H,24,25). The third kappa shape index (κ3) is 4.70. The van der Waals surface area contributed by atoms with E-state index in [0.717, 1.165) is 16.9 Å². The van der Waals surface area contributed by atoms with Gasteiger partial charge in [0.25, 0.3) is 5.91 Å². The molecule has 0 saturated heterocycles. The Hall–Kier alpha value is -3.67. The predicted molar refractivity (Wildman–Crippen MR) is 104 cm³/mol. The summed E-state index contributed by atoms with van der Waals surface area (Å²) in [6.07, 6.45) is 1.57. The molecule has 0 spiro atoms. The number of esters is 1. The van der Waals surface area contributed by atoms with Crippen molar-refractivity contribution in [3.05, 3.63) is 83.6 Å². The zero-order chi connectivity index (χ0) is 19.2. The molecule has 6 nitrogen and oxygen atoms in total. The van der Waals surface area contributed by atoms with Gasteiger partial charge in [0.1, 0.15) is 5.82 Å². The number of nitrogens with one attached hydrogen (secondary N) is 2. The van der Waals surface area contributed by atoms with Gasteiger partial charge in [-0.15, -0.1) is 0 Å². The van der Waals surface area contributed by atoms with Crippen molar-refractivity contribution in [1.82, 2.24) is 4.98 Å². The van der Waals surface area contributed by atoms with Crippen LogP contribution in [0.25, 0.3) is 0 Å². The van der Waals surface area contributed by atoms with Crippen molar-refractivity contribution in [2.45, 2.75) is 6.92 Å². The fraction of sp³-hybridized carbons (Fsp3) is 0.0952. The minimum atomic E-state index is -0.394. The summed E-state index contributed by atoms with van der Waals surface area (Å²) < 4.78 is 4.68. The van der Waals surface area contributed by atoms with E-state index >= 15 is 0 Å². The van der Waals surface area contributed by atoms with E-state index < -0.39 is 5.97 Å². The zero-order valence-corrected chi connectivity index (χ0v) is 15.0. The summed E-state index contributed by atoms with van der Waals surface area (Å²) in [5.41, 5.74) is 3.50. The molecular formula is C21H19N3O3. The summed E-state index contributed by atoms with van der Waals surface area (Å²) in [6, 6.07) is 17.7. The number of benzene rings is 2. The molecule has 2 aromatic carbocycles. The third-order valence-corrected chi connectivity index (χ3v) is 3.88. The summed E-state index contributed by atoms with van der Waals surface area (Å²) in [5.74, 6) is -0.0840. The SMILES string of the molecule is COC(=O)c1ccc(Nc2cc(C(=O)Nc3cccc(C)c3)ccn2)cc1. The Morgan fingerprint density at radius 2 is 1.70 bits per heavy atom. The minimum Gasteiger partial charge on any atom is -0.465 e. The van der Waals surface area contributed by atoms with Gasteiger partial charge in [0.15, 0.2) is 0 Å². The van der Waals surface area contributed by atoms with Crippen LogP contribution in [-0.2, 0) is 4.74 Å². The maximum absolute atomic E-state index is 12.5. The van der Waals surface area contributed by atoms with Crippen LogP contribution in [0.4, 0.5) is 17.2 Å². The van der Waals surface area contributed by atoms with Crippen LogP contribution in [0.2, 0.25) is 0 Å². The second-order valence-electron chi connectivity index (χ2n) is 5.95. The lowest BCUT2D eigenvalue weighted by Gasteiger charge is -2.09. The minimum absolute atomic E-state index is 0.216. The molecule has 3 rings (SSSR count). The number of nitrogens with zero attached hydrogens (tertiary/aromatic N) is 1. The van der Waals surface area contributed by atoms with Gasteiger partial charge in [0, 0.05) is 23.1 Å². The fourth-order valence-electron chi connectivity index (χ4n) is 2.52. The van der Waals surface area contributed by atoms with Gasteiger partial charge < -0.3 is 15.4 Å². The van der Waals surface area contributed by atoms with Gasteiger partial charge in [-0.2, -0.15) is 0 Å². The first-order valence-electron chi connectivity index (χ1n) is 8.34. The molecule has 0 fully saturated rings. The highest BCUT2D eigenvalue weighted by molar-refractivity contribution is 6.04. The van der Waals surface area contributed by atoms with Crippen LogP contribution in [0.15, 0.2) is 66.9 Å². The van der Waals surface area contributed by atoms with E-state index in [-0.39, 0.29) is 5.91 Å². The molecule has 0 saturated carbocycles. The third-order valence-electron chi connectivity index (χ3n) is 3.88. The van der Waals surface area contributed by atoms with Crippen LogP contribution in [-0.4, -0.2) is 24.0 Å². The largest absolute Gasteiger partial charge is 0.465 e. The van der Waals surface area contributed by atoms with Crippen LogP contribution in [0.5, 0.6) is 0 Å². The number of amides is 1. The summed E-state index contributed by atoms with van der Waals surface area (Å²) in [7, 11) is 1.34. The number of carbonyl (C=O) groups excluding carboxylic acids is 2. The highest BCUT2D eigenvalue weighted by Crippen LogP contribution is 2.18. The number of methoxy groups -OCH3 is 1. The Kier molecular flexibility index (Phi) is 5.47. The van der Waals surface area contributed by atoms with Crippen molar-refractivity contribution in [1.29, 1.82) is 0 Å². The Labute approximate surface area is 157 Å². The van der Waals surface area contributed by atoms with E-state index in [1.165, 1.54) is 7.11 Å². The van der Waals surface area contributed by atoms with Crippen molar-refractivity contribution in [2.24, 2.45) is 0 Å². The van der Waals surface area contributed by atoms with E-state index in [1.807, 2.05) is 31.2 Å². The van der Waals surface area contributed by atoms with Gasteiger partial charge in [-0.25, -0.2) is 9.78 Å². The van der Waals surface area contributed by atoms with E-state index in [2.05, 4.69) is 20.4 Å². The maximum atomic E-state index is 12.5. The monoisotopic (exact) mass is 361 g/mol. The molecule has 1 heterocycles. The molecule has 1 aromatic heterocycles. The molecule has 3 aromatic rings. The Balaban J connectivity index is 1.71. The highest BCUT2D eigenvalue weighted by Gasteiger charge is 2.09. The van der Waals surface area contributed by atoms with Crippen molar-refractivity contribution in [2.75, 3.05) is 17.7 Å². The summed E-state index contributed by atoms with van der Waals surface area (Å²) in [6.45, 7) is 1.97. The number of rotatable bonds is 5. The van der Waals surface area contributed by atoms with E-state index in [9.17, 15) is 9.59 Å². The van der Waals surface area contributed by atoms with E-state index in [1.54, 1.807) is 42.6 Å². The van der Waals surface area contributed by atoms with Gasteiger partial charge in [0.2, 0.25) is 0 Å². The number of aryl methyl sites for hydroxylation is 1. The Bertz CT molecular complexity index is 968. The number of hydrogen-bond donors (Lipinski definition) is 2. The van der Waals surface area contributed by atoms with Gasteiger partial charge in [-0.05, 0) is 61.0 Å². The average molecular weight is 361 g/mol. The molecule has 1 amide bonds. The highest BCUT2D eigenvalue weighted by atomic mass is 16.5. The van der Waals surface area contributed by atoms with Crippen LogP contribution in [0.3, 0.4) is 0 Å². The first-order chi connectivity index (χ1) is 13.0. The van der Waals surface area contributed by atoms with Gasteiger partial charge in [-0.3, -0.25) is 4.79 Å². The van der Waals surface area contributed by atoms with Crippen LogP contribution in [0.1, 0.15) is 26.3 Å². The number of anilines is 3. The molecule has 2 N–H and O–H groups in total. The summed E-state index contributed by atoms with van der Waals surface area (Å²) >= 11 is 0. The van der Waals surface area contributed by atoms with Crippen LogP contribution in [0, 0.1) is 6.92 Å². The van der Waals surface area contributed by atoms with E-state index in [0.29, 0.717) is 16.9 Å². The zero-order valence-electron chi connectivity index (χ0n) is 15.0. The lowest BCUT2D eigenvalue weighted by atomic mass is 10.2. The van der Waals surface area contributed by atoms with E-state index in [4.69, 9.17) is 0 Å². The van der Waals surface area contributed by atoms with Crippen molar-refractivity contribution < 1.29 is 14.3 Å². The predicted octanol–water partition coefficient (Wildman–Crippen LogP) is 4.17. The maximum Gasteiger partial charge on any atom is 0.337 e. The molecule has 0 aliphatic carbocycles. The smallest absolute Gasteiger partial charge is 0.337 e. The summed E-state index contributed by atoms with van der Waals surface area (Å²) in [5, 5.41) is 5.98. The molecule has 0 unspecified atom stereocenters. The molecule has 6 heteroatoms.